The molecule has 0 aromatic heterocycles. The highest BCUT2D eigenvalue weighted by Crippen LogP contribution is 2.45. The second kappa shape index (κ2) is 7.15. The van der Waals surface area contributed by atoms with Gasteiger partial charge in [0, 0.05) is 16.2 Å². The first kappa shape index (κ1) is 17.9. The number of fused-ring (bicyclic) bond motifs is 1. The van der Waals surface area contributed by atoms with Crippen LogP contribution in [0.1, 0.15) is 32.3 Å². The highest BCUT2D eigenvalue weighted by Gasteiger charge is 2.46. The third-order valence-corrected chi connectivity index (χ3v) is 4.44. The van der Waals surface area contributed by atoms with Gasteiger partial charge in [0.25, 0.3) is 6.04 Å². The van der Waals surface area contributed by atoms with Gasteiger partial charge >= 0.3 is 5.97 Å². The quantitative estimate of drug-likeness (QED) is 0.465. The summed E-state index contributed by atoms with van der Waals surface area (Å²) >= 11 is 0. The number of allylic oxidation sites excluding steroid dienone is 1. The van der Waals surface area contributed by atoms with Crippen molar-refractivity contribution >= 4 is 11.7 Å². The molecule has 138 valence electrons. The van der Waals surface area contributed by atoms with E-state index >= 15 is 0 Å². The van der Waals surface area contributed by atoms with Gasteiger partial charge in [0.05, 0.1) is 23.8 Å². The fourth-order valence-electron chi connectivity index (χ4n) is 3.44. The molecule has 8 heteroatoms. The van der Waals surface area contributed by atoms with Crippen molar-refractivity contribution < 1.29 is 23.9 Å². The summed E-state index contributed by atoms with van der Waals surface area (Å²) in [5, 5.41) is 11.8. The molecular formula is C18H20N2O6. The summed E-state index contributed by atoms with van der Waals surface area (Å²) < 4.78 is 16.5. The van der Waals surface area contributed by atoms with Crippen molar-refractivity contribution in [1.82, 2.24) is 0 Å². The average molecular weight is 360 g/mol. The molecule has 8 nitrogen and oxygen atoms in total. The molecule has 2 heterocycles. The van der Waals surface area contributed by atoms with E-state index in [0.29, 0.717) is 41.7 Å². The van der Waals surface area contributed by atoms with Gasteiger partial charge in [-0.25, -0.2) is 4.79 Å². The van der Waals surface area contributed by atoms with Crippen LogP contribution in [-0.2, 0) is 9.53 Å². The largest absolute Gasteiger partial charge is 0.486 e. The summed E-state index contributed by atoms with van der Waals surface area (Å²) in [6, 6.07) is 4.01. The Labute approximate surface area is 150 Å². The minimum Gasteiger partial charge on any atom is -0.486 e. The maximum atomic E-state index is 12.6. The van der Waals surface area contributed by atoms with E-state index in [-0.39, 0.29) is 12.2 Å². The molecule has 0 radical (unpaired) electrons. The first-order valence-electron chi connectivity index (χ1n) is 8.40. The lowest BCUT2D eigenvalue weighted by atomic mass is 9.79. The molecule has 1 aromatic rings. The summed E-state index contributed by atoms with van der Waals surface area (Å²) in [7, 11) is 0. The van der Waals surface area contributed by atoms with Gasteiger partial charge < -0.3 is 14.2 Å². The van der Waals surface area contributed by atoms with Gasteiger partial charge in [-0.1, -0.05) is 12.1 Å². The number of hydrogen-bond acceptors (Lipinski definition) is 7. The van der Waals surface area contributed by atoms with Crippen LogP contribution in [0.4, 0.5) is 0 Å². The van der Waals surface area contributed by atoms with E-state index in [0.717, 1.165) is 0 Å². The van der Waals surface area contributed by atoms with E-state index in [1.807, 2.05) is 0 Å². The molecule has 2 aliphatic rings. The molecule has 26 heavy (non-hydrogen) atoms. The van der Waals surface area contributed by atoms with Crippen LogP contribution in [0.3, 0.4) is 0 Å². The fraction of sp³-hybridized carbons (Fsp3) is 0.444. The Morgan fingerprint density at radius 2 is 2.08 bits per heavy atom. The molecule has 0 bridgehead atoms. The number of carbonyl (C=O) groups is 1. The number of nitrogens with zero attached hydrogens (tertiary/aromatic N) is 2. The van der Waals surface area contributed by atoms with Crippen LogP contribution in [0.15, 0.2) is 34.5 Å². The fourth-order valence-corrected chi connectivity index (χ4v) is 3.44. The first-order chi connectivity index (χ1) is 12.5. The van der Waals surface area contributed by atoms with Crippen molar-refractivity contribution in [3.63, 3.8) is 0 Å². The number of ether oxygens (including phenoxy) is 3. The van der Waals surface area contributed by atoms with E-state index < -0.39 is 22.9 Å². The van der Waals surface area contributed by atoms with Gasteiger partial charge in [-0.2, -0.15) is 0 Å². The third-order valence-electron chi connectivity index (χ3n) is 4.44. The van der Waals surface area contributed by atoms with Crippen LogP contribution < -0.4 is 9.47 Å². The van der Waals surface area contributed by atoms with Crippen LogP contribution in [0.2, 0.25) is 0 Å². The van der Waals surface area contributed by atoms with Gasteiger partial charge in [0.1, 0.15) is 13.2 Å². The molecule has 0 amide bonds. The zero-order valence-corrected chi connectivity index (χ0v) is 14.9. The number of aliphatic imine (C=N–C) groups is 1. The molecule has 2 atom stereocenters. The molecule has 0 fully saturated rings. The number of hydrogen-bond donors (Lipinski definition) is 0. The Morgan fingerprint density at radius 1 is 1.35 bits per heavy atom. The van der Waals surface area contributed by atoms with Crippen LogP contribution >= 0.6 is 0 Å². The monoisotopic (exact) mass is 360 g/mol. The average Bonchev–Trinajstić information content (AvgIpc) is 2.60. The van der Waals surface area contributed by atoms with Gasteiger partial charge in [-0.05, 0) is 26.8 Å². The summed E-state index contributed by atoms with van der Waals surface area (Å²) in [4.78, 5) is 28.2. The van der Waals surface area contributed by atoms with Gasteiger partial charge in [-0.15, -0.1) is 0 Å². The highest BCUT2D eigenvalue weighted by atomic mass is 16.6. The zero-order valence-electron chi connectivity index (χ0n) is 14.9. The Bertz CT molecular complexity index is 814. The van der Waals surface area contributed by atoms with Crippen molar-refractivity contribution in [2.45, 2.75) is 32.7 Å². The van der Waals surface area contributed by atoms with Crippen LogP contribution in [0, 0.1) is 10.1 Å². The van der Waals surface area contributed by atoms with Crippen molar-refractivity contribution in [3.8, 4) is 11.5 Å². The predicted molar refractivity (Wildman–Crippen MR) is 93.4 cm³/mol. The van der Waals surface area contributed by atoms with E-state index in [9.17, 15) is 14.9 Å². The smallest absolute Gasteiger partial charge is 0.336 e. The molecule has 0 spiro atoms. The first-order valence-corrected chi connectivity index (χ1v) is 8.40. The zero-order chi connectivity index (χ0) is 18.8. The number of carbonyl (C=O) groups excluding carboxylic acids is 1. The second-order valence-electron chi connectivity index (χ2n) is 6.05. The van der Waals surface area contributed by atoms with Crippen LogP contribution in [0.5, 0.6) is 11.5 Å². The van der Waals surface area contributed by atoms with Crippen molar-refractivity contribution in [2.24, 2.45) is 4.99 Å². The Balaban J connectivity index is 2.21. The molecule has 2 unspecified atom stereocenters. The van der Waals surface area contributed by atoms with Gasteiger partial charge in [0.15, 0.2) is 11.5 Å². The Kier molecular flexibility index (Phi) is 4.92. The SMILES string of the molecule is CCOC(=O)C1=C(C)N=C(C)C([N+](=O)[O-])C1c1cccc2c1OCCO2. The number of benzene rings is 1. The summed E-state index contributed by atoms with van der Waals surface area (Å²) in [6.07, 6.45) is 0. The number of para-hydroxylation sites is 1. The maximum absolute atomic E-state index is 12.6. The number of rotatable bonds is 4. The Morgan fingerprint density at radius 3 is 2.77 bits per heavy atom. The molecule has 0 saturated heterocycles. The molecule has 0 aliphatic carbocycles. The van der Waals surface area contributed by atoms with E-state index in [1.165, 1.54) is 0 Å². The van der Waals surface area contributed by atoms with Gasteiger partial charge in [-0.3, -0.25) is 15.1 Å². The molecule has 2 aliphatic heterocycles. The lowest BCUT2D eigenvalue weighted by Gasteiger charge is -2.30. The van der Waals surface area contributed by atoms with E-state index in [2.05, 4.69) is 4.99 Å². The normalized spacial score (nSPS) is 21.9. The van der Waals surface area contributed by atoms with E-state index in [1.54, 1.807) is 39.0 Å². The lowest BCUT2D eigenvalue weighted by Crippen LogP contribution is -2.40. The second-order valence-corrected chi connectivity index (χ2v) is 6.05. The lowest BCUT2D eigenvalue weighted by molar-refractivity contribution is -0.505. The molecule has 0 saturated carbocycles. The number of nitro groups is 1. The number of esters is 1. The van der Waals surface area contributed by atoms with Crippen molar-refractivity contribution in [1.29, 1.82) is 0 Å². The molecular weight excluding hydrogens is 340 g/mol. The standard InChI is InChI=1S/C18H20N2O6/c1-4-24-18(21)14-10(2)19-11(3)16(20(22)23)15(14)12-6-5-7-13-17(12)26-9-8-25-13/h5-7,15-16H,4,8-9H2,1-3H3. The summed E-state index contributed by atoms with van der Waals surface area (Å²) in [6.45, 7) is 5.85. The third kappa shape index (κ3) is 3.02. The summed E-state index contributed by atoms with van der Waals surface area (Å²) in [5.74, 6) is -0.526. The minimum atomic E-state index is -1.19. The van der Waals surface area contributed by atoms with Gasteiger partial charge in [0.2, 0.25) is 0 Å². The van der Waals surface area contributed by atoms with Crippen molar-refractivity contribution in [3.05, 3.63) is 45.1 Å². The van der Waals surface area contributed by atoms with Crippen LogP contribution in [0.25, 0.3) is 0 Å². The Hall–Kier alpha value is -2.90. The molecule has 3 rings (SSSR count). The summed E-state index contributed by atoms with van der Waals surface area (Å²) in [5.41, 5.74) is 1.46. The van der Waals surface area contributed by atoms with Crippen LogP contribution in [-0.4, -0.2) is 42.5 Å². The topological polar surface area (TPSA) is 100 Å². The van der Waals surface area contributed by atoms with Crippen molar-refractivity contribution in [2.75, 3.05) is 19.8 Å². The molecule has 1 aromatic carbocycles. The predicted octanol–water partition coefficient (Wildman–Crippen LogP) is 2.50. The maximum Gasteiger partial charge on any atom is 0.336 e. The highest BCUT2D eigenvalue weighted by molar-refractivity contribution is 5.98. The molecule has 0 N–H and O–H groups in total. The van der Waals surface area contributed by atoms with E-state index in [4.69, 9.17) is 14.2 Å². The minimum absolute atomic E-state index is 0.167.